The number of amides is 2. The molecule has 4 rings (SSSR count). The highest BCUT2D eigenvalue weighted by molar-refractivity contribution is 7.20. The van der Waals surface area contributed by atoms with E-state index >= 15 is 0 Å². The number of ether oxygens (including phenoxy) is 1. The minimum absolute atomic E-state index is 0.133. The summed E-state index contributed by atoms with van der Waals surface area (Å²) in [6.45, 7) is 1.90. The van der Waals surface area contributed by atoms with Crippen LogP contribution < -0.4 is 16.3 Å². The predicted octanol–water partition coefficient (Wildman–Crippen LogP) is 4.74. The maximum Gasteiger partial charge on any atom is 0.413 e. The van der Waals surface area contributed by atoms with Gasteiger partial charge >= 0.3 is 11.7 Å². The van der Waals surface area contributed by atoms with Gasteiger partial charge in [-0.1, -0.05) is 59.9 Å². The first-order chi connectivity index (χ1) is 15.0. The molecule has 9 heteroatoms. The van der Waals surface area contributed by atoms with Gasteiger partial charge in [-0.05, 0) is 19.1 Å². The van der Waals surface area contributed by atoms with Crippen molar-refractivity contribution in [1.29, 1.82) is 0 Å². The molecule has 0 saturated heterocycles. The molecule has 0 aliphatic rings. The molecule has 0 atom stereocenters. The summed E-state index contributed by atoms with van der Waals surface area (Å²) in [5, 5.41) is 6.51. The van der Waals surface area contributed by atoms with Gasteiger partial charge in [0.25, 0.3) is 5.91 Å². The van der Waals surface area contributed by atoms with E-state index in [-0.39, 0.29) is 17.3 Å². The number of thiazole rings is 1. The van der Waals surface area contributed by atoms with Gasteiger partial charge in [0.1, 0.15) is 21.8 Å². The van der Waals surface area contributed by atoms with Crippen molar-refractivity contribution in [3.05, 3.63) is 76.6 Å². The Labute approximate surface area is 180 Å². The Bertz CT molecular complexity index is 1310. The van der Waals surface area contributed by atoms with Crippen molar-refractivity contribution < 1.29 is 18.7 Å². The van der Waals surface area contributed by atoms with Crippen LogP contribution in [0, 0.1) is 0 Å². The molecule has 2 aromatic carbocycles. The van der Waals surface area contributed by atoms with E-state index in [9.17, 15) is 14.4 Å². The van der Waals surface area contributed by atoms with E-state index in [4.69, 9.17) is 9.15 Å². The standard InChI is InChI=1S/C22H17N3O5S/c1-2-29-22(28)25-21-23-17(13-8-4-3-5-9-13)19(31-21)24-18(26)15-12-14-10-6-7-11-16(14)30-20(15)27/h3-12H,2H2,1H3,(H,24,26)(H,23,25,28). The van der Waals surface area contributed by atoms with Gasteiger partial charge in [-0.15, -0.1) is 0 Å². The Morgan fingerprint density at radius 2 is 1.81 bits per heavy atom. The third kappa shape index (κ3) is 4.46. The predicted molar refractivity (Wildman–Crippen MR) is 119 cm³/mol. The zero-order chi connectivity index (χ0) is 21.8. The van der Waals surface area contributed by atoms with E-state index in [0.29, 0.717) is 21.7 Å². The fourth-order valence-electron chi connectivity index (χ4n) is 2.90. The lowest BCUT2D eigenvalue weighted by Gasteiger charge is -2.05. The molecule has 0 aliphatic heterocycles. The van der Waals surface area contributed by atoms with Crippen LogP contribution in [0.15, 0.2) is 69.9 Å². The second-order valence-electron chi connectivity index (χ2n) is 6.35. The van der Waals surface area contributed by atoms with Gasteiger partial charge in [-0.3, -0.25) is 10.1 Å². The summed E-state index contributed by atoms with van der Waals surface area (Å²) >= 11 is 1.05. The van der Waals surface area contributed by atoms with Crippen LogP contribution in [0.2, 0.25) is 0 Å². The van der Waals surface area contributed by atoms with Crippen LogP contribution >= 0.6 is 11.3 Å². The Morgan fingerprint density at radius 3 is 2.58 bits per heavy atom. The van der Waals surface area contributed by atoms with Gasteiger partial charge in [0.05, 0.1) is 6.61 Å². The molecule has 4 aromatic rings. The molecule has 156 valence electrons. The van der Waals surface area contributed by atoms with Crippen molar-refractivity contribution in [1.82, 2.24) is 4.98 Å². The lowest BCUT2D eigenvalue weighted by Crippen LogP contribution is -2.20. The number of benzene rings is 2. The molecule has 0 radical (unpaired) electrons. The zero-order valence-electron chi connectivity index (χ0n) is 16.4. The number of anilines is 2. The number of hydrogen-bond acceptors (Lipinski definition) is 7. The maximum absolute atomic E-state index is 12.9. The summed E-state index contributed by atoms with van der Waals surface area (Å²) in [7, 11) is 0. The van der Waals surface area contributed by atoms with Crippen LogP contribution in [0.1, 0.15) is 17.3 Å². The Kier molecular flexibility index (Phi) is 5.76. The third-order valence-corrected chi connectivity index (χ3v) is 5.16. The number of hydrogen-bond donors (Lipinski definition) is 2. The summed E-state index contributed by atoms with van der Waals surface area (Å²) in [5.41, 5.74) is 0.707. The molecule has 2 amide bonds. The smallest absolute Gasteiger partial charge is 0.413 e. The zero-order valence-corrected chi connectivity index (χ0v) is 17.2. The molecule has 0 fully saturated rings. The summed E-state index contributed by atoms with van der Waals surface area (Å²) < 4.78 is 10.1. The SMILES string of the molecule is CCOC(=O)Nc1nc(-c2ccccc2)c(NC(=O)c2cc3ccccc3oc2=O)s1. The van der Waals surface area contributed by atoms with Crippen LogP contribution in [0.3, 0.4) is 0 Å². The second kappa shape index (κ2) is 8.80. The quantitative estimate of drug-likeness (QED) is 0.438. The second-order valence-corrected chi connectivity index (χ2v) is 7.35. The largest absolute Gasteiger partial charge is 0.450 e. The lowest BCUT2D eigenvalue weighted by atomic mass is 10.1. The Hall–Kier alpha value is -3.98. The van der Waals surface area contributed by atoms with Crippen LogP contribution in [-0.2, 0) is 4.74 Å². The molecule has 2 heterocycles. The fourth-order valence-corrected chi connectivity index (χ4v) is 3.76. The normalized spacial score (nSPS) is 10.6. The molecule has 0 bridgehead atoms. The van der Waals surface area contributed by atoms with E-state index in [1.54, 1.807) is 31.2 Å². The minimum Gasteiger partial charge on any atom is -0.450 e. The van der Waals surface area contributed by atoms with Crippen LogP contribution in [-0.4, -0.2) is 23.6 Å². The van der Waals surface area contributed by atoms with Crippen molar-refractivity contribution in [2.75, 3.05) is 17.2 Å². The molecule has 2 N–H and O–H groups in total. The topological polar surface area (TPSA) is 111 Å². The minimum atomic E-state index is -0.744. The van der Waals surface area contributed by atoms with E-state index in [1.807, 2.05) is 30.3 Å². The summed E-state index contributed by atoms with van der Waals surface area (Å²) in [4.78, 5) is 41.4. The number of carbonyl (C=O) groups excluding carboxylic acids is 2. The summed E-state index contributed by atoms with van der Waals surface area (Å²) in [5.74, 6) is -0.636. The highest BCUT2D eigenvalue weighted by atomic mass is 32.1. The number of fused-ring (bicyclic) bond motifs is 1. The summed E-state index contributed by atoms with van der Waals surface area (Å²) in [6, 6.07) is 17.6. The molecule has 0 unspecified atom stereocenters. The monoisotopic (exact) mass is 435 g/mol. The Morgan fingerprint density at radius 1 is 1.06 bits per heavy atom. The fraction of sp³-hybridized carbons (Fsp3) is 0.0909. The number of nitrogens with one attached hydrogen (secondary N) is 2. The van der Waals surface area contributed by atoms with Gasteiger partial charge in [-0.2, -0.15) is 0 Å². The van der Waals surface area contributed by atoms with E-state index < -0.39 is 17.6 Å². The lowest BCUT2D eigenvalue weighted by molar-refractivity contribution is 0.102. The first-order valence-electron chi connectivity index (χ1n) is 9.39. The van der Waals surface area contributed by atoms with Crippen LogP contribution in [0.25, 0.3) is 22.2 Å². The highest BCUT2D eigenvalue weighted by Gasteiger charge is 2.20. The number of aromatic nitrogens is 1. The van der Waals surface area contributed by atoms with E-state index in [0.717, 1.165) is 16.9 Å². The molecule has 8 nitrogen and oxygen atoms in total. The van der Waals surface area contributed by atoms with Crippen LogP contribution in [0.4, 0.5) is 14.9 Å². The van der Waals surface area contributed by atoms with Crippen molar-refractivity contribution >= 4 is 44.4 Å². The van der Waals surface area contributed by atoms with Crippen molar-refractivity contribution in [3.8, 4) is 11.3 Å². The third-order valence-electron chi connectivity index (χ3n) is 4.27. The van der Waals surface area contributed by atoms with E-state index in [1.165, 1.54) is 6.07 Å². The molecule has 0 aliphatic carbocycles. The maximum atomic E-state index is 12.9. The van der Waals surface area contributed by atoms with Gasteiger partial charge < -0.3 is 14.5 Å². The number of para-hydroxylation sites is 1. The van der Waals surface area contributed by atoms with Crippen LogP contribution in [0.5, 0.6) is 0 Å². The first kappa shape index (κ1) is 20.3. The molecule has 2 aromatic heterocycles. The molecule has 0 saturated carbocycles. The van der Waals surface area contributed by atoms with Gasteiger partial charge in [0.2, 0.25) is 0 Å². The van der Waals surface area contributed by atoms with E-state index in [2.05, 4.69) is 15.6 Å². The van der Waals surface area contributed by atoms with Crippen molar-refractivity contribution in [3.63, 3.8) is 0 Å². The average Bonchev–Trinajstić information content (AvgIpc) is 3.15. The van der Waals surface area contributed by atoms with Gasteiger partial charge in [0, 0.05) is 10.9 Å². The molecular formula is C22H17N3O5S. The molecule has 0 spiro atoms. The Balaban J connectivity index is 1.69. The first-order valence-corrected chi connectivity index (χ1v) is 10.2. The number of nitrogens with zero attached hydrogens (tertiary/aromatic N) is 1. The van der Waals surface area contributed by atoms with Gasteiger partial charge in [-0.25, -0.2) is 14.6 Å². The molecule has 31 heavy (non-hydrogen) atoms. The highest BCUT2D eigenvalue weighted by Crippen LogP contribution is 2.36. The van der Waals surface area contributed by atoms with Crippen molar-refractivity contribution in [2.24, 2.45) is 0 Å². The number of rotatable bonds is 5. The average molecular weight is 435 g/mol. The number of carbonyl (C=O) groups is 2. The van der Waals surface area contributed by atoms with Crippen molar-refractivity contribution in [2.45, 2.75) is 6.92 Å². The summed E-state index contributed by atoms with van der Waals surface area (Å²) in [6.07, 6.45) is -0.649. The molecular weight excluding hydrogens is 418 g/mol. The van der Waals surface area contributed by atoms with Gasteiger partial charge in [0.15, 0.2) is 5.13 Å².